The lowest BCUT2D eigenvalue weighted by Crippen LogP contribution is -2.14. The van der Waals surface area contributed by atoms with Gasteiger partial charge in [-0.2, -0.15) is 0 Å². The Morgan fingerprint density at radius 2 is 1.48 bits per heavy atom. The van der Waals surface area contributed by atoms with Gasteiger partial charge in [-0.1, -0.05) is 12.1 Å². The molecule has 0 atom stereocenters. The summed E-state index contributed by atoms with van der Waals surface area (Å²) >= 11 is 0. The van der Waals surface area contributed by atoms with Gasteiger partial charge in [0.05, 0.1) is 0 Å². The number of halogens is 2. The standard InChI is InChI=1S/C18H14F2N4O/c19-13-3-1-12(2-4-13)11-21-17-10-9-16(23-24-17)18(25)22-15-7-5-14(20)6-8-15/h1-10H,11H2,(H,21,24)(H,22,25). The van der Waals surface area contributed by atoms with Gasteiger partial charge in [0.2, 0.25) is 0 Å². The second-order valence-corrected chi connectivity index (χ2v) is 5.24. The Morgan fingerprint density at radius 1 is 0.840 bits per heavy atom. The number of amides is 1. The van der Waals surface area contributed by atoms with Crippen LogP contribution in [-0.2, 0) is 6.54 Å². The number of benzene rings is 2. The molecule has 3 rings (SSSR count). The maximum atomic E-state index is 12.8. The van der Waals surface area contributed by atoms with Gasteiger partial charge in [0.1, 0.15) is 17.5 Å². The van der Waals surface area contributed by atoms with Gasteiger partial charge in [0.15, 0.2) is 5.69 Å². The molecule has 0 aliphatic heterocycles. The van der Waals surface area contributed by atoms with E-state index in [2.05, 4.69) is 20.8 Å². The summed E-state index contributed by atoms with van der Waals surface area (Å²) in [7, 11) is 0. The van der Waals surface area contributed by atoms with E-state index in [1.54, 1.807) is 18.2 Å². The number of carbonyl (C=O) groups excluding carboxylic acids is 1. The molecule has 1 aromatic heterocycles. The fraction of sp³-hybridized carbons (Fsp3) is 0.0556. The molecular weight excluding hydrogens is 326 g/mol. The van der Waals surface area contributed by atoms with Crippen LogP contribution in [0.1, 0.15) is 16.1 Å². The predicted octanol–water partition coefficient (Wildman–Crippen LogP) is 3.62. The zero-order chi connectivity index (χ0) is 17.6. The molecule has 1 heterocycles. The first-order valence-corrected chi connectivity index (χ1v) is 7.49. The zero-order valence-corrected chi connectivity index (χ0v) is 13.0. The normalized spacial score (nSPS) is 10.3. The van der Waals surface area contributed by atoms with Crippen molar-refractivity contribution in [3.8, 4) is 0 Å². The average Bonchev–Trinajstić information content (AvgIpc) is 2.63. The van der Waals surface area contributed by atoms with E-state index >= 15 is 0 Å². The van der Waals surface area contributed by atoms with Gasteiger partial charge in [-0.05, 0) is 54.1 Å². The van der Waals surface area contributed by atoms with E-state index in [1.807, 2.05) is 0 Å². The van der Waals surface area contributed by atoms with Crippen LogP contribution in [0.25, 0.3) is 0 Å². The van der Waals surface area contributed by atoms with Crippen molar-refractivity contribution >= 4 is 17.4 Å². The maximum Gasteiger partial charge on any atom is 0.276 e. The third-order valence-electron chi connectivity index (χ3n) is 3.39. The Kier molecular flexibility index (Phi) is 4.94. The van der Waals surface area contributed by atoms with Crippen LogP contribution in [-0.4, -0.2) is 16.1 Å². The Hall–Kier alpha value is -3.35. The summed E-state index contributed by atoms with van der Waals surface area (Å²) in [4.78, 5) is 12.1. The van der Waals surface area contributed by atoms with Crippen LogP contribution in [0.5, 0.6) is 0 Å². The second-order valence-electron chi connectivity index (χ2n) is 5.24. The van der Waals surface area contributed by atoms with E-state index in [4.69, 9.17) is 0 Å². The first-order valence-electron chi connectivity index (χ1n) is 7.49. The Labute approximate surface area is 142 Å². The molecule has 0 aliphatic carbocycles. The molecule has 0 aliphatic rings. The van der Waals surface area contributed by atoms with Crippen LogP contribution in [0, 0.1) is 11.6 Å². The molecule has 1 amide bonds. The number of hydrogen-bond acceptors (Lipinski definition) is 4. The molecule has 0 radical (unpaired) electrons. The Balaban J connectivity index is 1.58. The van der Waals surface area contributed by atoms with E-state index in [9.17, 15) is 13.6 Å². The van der Waals surface area contributed by atoms with Crippen LogP contribution in [0.3, 0.4) is 0 Å². The van der Waals surface area contributed by atoms with Gasteiger partial charge in [0, 0.05) is 12.2 Å². The first kappa shape index (κ1) is 16.5. The number of carbonyl (C=O) groups is 1. The van der Waals surface area contributed by atoms with E-state index in [-0.39, 0.29) is 17.3 Å². The molecule has 2 N–H and O–H groups in total. The maximum absolute atomic E-state index is 12.8. The number of anilines is 2. The third kappa shape index (κ3) is 4.57. The lowest BCUT2D eigenvalue weighted by Gasteiger charge is -2.07. The van der Waals surface area contributed by atoms with Crippen molar-refractivity contribution < 1.29 is 13.6 Å². The number of aromatic nitrogens is 2. The number of hydrogen-bond donors (Lipinski definition) is 2. The number of nitrogens with one attached hydrogen (secondary N) is 2. The average molecular weight is 340 g/mol. The van der Waals surface area contributed by atoms with Crippen molar-refractivity contribution in [1.82, 2.24) is 10.2 Å². The van der Waals surface area contributed by atoms with Gasteiger partial charge >= 0.3 is 0 Å². The van der Waals surface area contributed by atoms with Crippen molar-refractivity contribution in [1.29, 1.82) is 0 Å². The largest absolute Gasteiger partial charge is 0.365 e. The van der Waals surface area contributed by atoms with Crippen LogP contribution in [0.15, 0.2) is 60.7 Å². The number of rotatable bonds is 5. The highest BCUT2D eigenvalue weighted by atomic mass is 19.1. The smallest absolute Gasteiger partial charge is 0.276 e. The van der Waals surface area contributed by atoms with Crippen LogP contribution in [0.2, 0.25) is 0 Å². The summed E-state index contributed by atoms with van der Waals surface area (Å²) in [6.07, 6.45) is 0. The van der Waals surface area contributed by atoms with Crippen molar-refractivity contribution in [3.63, 3.8) is 0 Å². The summed E-state index contributed by atoms with van der Waals surface area (Å²) in [5.41, 5.74) is 1.49. The van der Waals surface area contributed by atoms with E-state index < -0.39 is 5.91 Å². The topological polar surface area (TPSA) is 66.9 Å². The minimum atomic E-state index is -0.441. The molecular formula is C18H14F2N4O. The molecule has 0 bridgehead atoms. The summed E-state index contributed by atoms with van der Waals surface area (Å²) < 4.78 is 25.7. The van der Waals surface area contributed by atoms with Gasteiger partial charge in [-0.25, -0.2) is 8.78 Å². The molecule has 0 saturated heterocycles. The van der Waals surface area contributed by atoms with Crippen molar-refractivity contribution in [2.45, 2.75) is 6.54 Å². The van der Waals surface area contributed by atoms with Gasteiger partial charge in [-0.15, -0.1) is 10.2 Å². The molecule has 126 valence electrons. The van der Waals surface area contributed by atoms with Crippen LogP contribution >= 0.6 is 0 Å². The van der Waals surface area contributed by atoms with Gasteiger partial charge in [-0.3, -0.25) is 4.79 Å². The lowest BCUT2D eigenvalue weighted by molar-refractivity contribution is 0.102. The van der Waals surface area contributed by atoms with Gasteiger partial charge < -0.3 is 10.6 Å². The molecule has 5 nitrogen and oxygen atoms in total. The minimum Gasteiger partial charge on any atom is -0.365 e. The Bertz CT molecular complexity index is 850. The van der Waals surface area contributed by atoms with Crippen LogP contribution < -0.4 is 10.6 Å². The lowest BCUT2D eigenvalue weighted by atomic mass is 10.2. The van der Waals surface area contributed by atoms with E-state index in [0.717, 1.165) is 5.56 Å². The van der Waals surface area contributed by atoms with E-state index in [1.165, 1.54) is 42.5 Å². The van der Waals surface area contributed by atoms with Crippen LogP contribution in [0.4, 0.5) is 20.3 Å². The molecule has 0 fully saturated rings. The fourth-order valence-corrected chi connectivity index (χ4v) is 2.07. The summed E-state index contributed by atoms with van der Waals surface area (Å²) in [5, 5.41) is 13.4. The van der Waals surface area contributed by atoms with Crippen molar-refractivity contribution in [2.75, 3.05) is 10.6 Å². The van der Waals surface area contributed by atoms with Crippen molar-refractivity contribution in [3.05, 3.63) is 83.6 Å². The highest BCUT2D eigenvalue weighted by molar-refractivity contribution is 6.02. The summed E-state index contributed by atoms with van der Waals surface area (Å²) in [6, 6.07) is 14.7. The van der Waals surface area contributed by atoms with Crippen molar-refractivity contribution in [2.24, 2.45) is 0 Å². The minimum absolute atomic E-state index is 0.136. The Morgan fingerprint density at radius 3 is 2.08 bits per heavy atom. The van der Waals surface area contributed by atoms with Gasteiger partial charge in [0.25, 0.3) is 5.91 Å². The number of nitrogens with zero attached hydrogens (tertiary/aromatic N) is 2. The quantitative estimate of drug-likeness (QED) is 0.744. The summed E-state index contributed by atoms with van der Waals surface area (Å²) in [6.45, 7) is 0.454. The SMILES string of the molecule is O=C(Nc1ccc(F)cc1)c1ccc(NCc2ccc(F)cc2)nn1. The summed E-state index contributed by atoms with van der Waals surface area (Å²) in [5.74, 6) is -0.624. The molecule has 3 aromatic rings. The molecule has 2 aromatic carbocycles. The molecule has 7 heteroatoms. The highest BCUT2D eigenvalue weighted by Gasteiger charge is 2.09. The molecule has 0 spiro atoms. The molecule has 25 heavy (non-hydrogen) atoms. The molecule has 0 unspecified atom stereocenters. The monoisotopic (exact) mass is 340 g/mol. The third-order valence-corrected chi connectivity index (χ3v) is 3.39. The second kappa shape index (κ2) is 7.48. The zero-order valence-electron chi connectivity index (χ0n) is 13.0. The fourth-order valence-electron chi connectivity index (χ4n) is 2.07. The first-order chi connectivity index (χ1) is 12.1. The molecule has 0 saturated carbocycles. The highest BCUT2D eigenvalue weighted by Crippen LogP contribution is 2.11. The van der Waals surface area contributed by atoms with E-state index in [0.29, 0.717) is 18.1 Å². The predicted molar refractivity (Wildman–Crippen MR) is 90.1 cm³/mol.